The van der Waals surface area contributed by atoms with E-state index in [9.17, 15) is 5.26 Å². The lowest BCUT2D eigenvalue weighted by Gasteiger charge is -2.32. The van der Waals surface area contributed by atoms with E-state index in [2.05, 4.69) is 31.4 Å². The number of methoxy groups -OCH3 is 1. The van der Waals surface area contributed by atoms with Gasteiger partial charge in [0.05, 0.1) is 18.6 Å². The number of nitrogens with zero attached hydrogens (tertiary/aromatic N) is 7. The SMILES string of the molecule is COc1nc(N[C@H]2CC[C@@](C)(C#N)CC2)nn2ccc(-c3cnc4nccn4c3)c12. The molecular formula is C21H22N8O. The highest BCUT2D eigenvalue weighted by Gasteiger charge is 2.31. The van der Waals surface area contributed by atoms with Crippen LogP contribution in [0.1, 0.15) is 32.6 Å². The Kier molecular flexibility index (Phi) is 4.28. The third-order valence-electron chi connectivity index (χ3n) is 5.92. The van der Waals surface area contributed by atoms with Gasteiger partial charge < -0.3 is 10.1 Å². The van der Waals surface area contributed by atoms with Crippen LogP contribution in [0.15, 0.2) is 37.1 Å². The molecule has 0 aromatic carbocycles. The van der Waals surface area contributed by atoms with Crippen LogP contribution in [0.2, 0.25) is 0 Å². The number of fused-ring (bicyclic) bond motifs is 2. The maximum Gasteiger partial charge on any atom is 0.244 e. The number of ether oxygens (including phenoxy) is 1. The molecule has 152 valence electrons. The number of aromatic nitrogens is 6. The van der Waals surface area contributed by atoms with Gasteiger partial charge in [-0.15, -0.1) is 5.10 Å². The molecule has 9 nitrogen and oxygen atoms in total. The minimum Gasteiger partial charge on any atom is -0.479 e. The van der Waals surface area contributed by atoms with E-state index in [0.717, 1.165) is 42.3 Å². The van der Waals surface area contributed by atoms with Crippen molar-refractivity contribution in [2.24, 2.45) is 5.41 Å². The quantitative estimate of drug-likeness (QED) is 0.558. The van der Waals surface area contributed by atoms with E-state index in [1.807, 2.05) is 36.0 Å². The summed E-state index contributed by atoms with van der Waals surface area (Å²) in [6, 6.07) is 4.67. The van der Waals surface area contributed by atoms with Gasteiger partial charge >= 0.3 is 0 Å². The van der Waals surface area contributed by atoms with Crippen LogP contribution in [0.3, 0.4) is 0 Å². The zero-order valence-electron chi connectivity index (χ0n) is 16.9. The van der Waals surface area contributed by atoms with Crippen LogP contribution < -0.4 is 10.1 Å². The van der Waals surface area contributed by atoms with E-state index in [0.29, 0.717) is 17.6 Å². The Morgan fingerprint density at radius 3 is 2.87 bits per heavy atom. The molecule has 0 atom stereocenters. The van der Waals surface area contributed by atoms with Crippen molar-refractivity contribution in [3.8, 4) is 23.1 Å². The molecule has 1 N–H and O–H groups in total. The summed E-state index contributed by atoms with van der Waals surface area (Å²) in [5.41, 5.74) is 2.42. The van der Waals surface area contributed by atoms with Crippen LogP contribution in [0.4, 0.5) is 5.95 Å². The van der Waals surface area contributed by atoms with Crippen molar-refractivity contribution in [1.29, 1.82) is 5.26 Å². The van der Waals surface area contributed by atoms with Gasteiger partial charge in [0.1, 0.15) is 5.52 Å². The first kappa shape index (κ1) is 18.4. The summed E-state index contributed by atoms with van der Waals surface area (Å²) in [5.74, 6) is 1.67. The van der Waals surface area contributed by atoms with Crippen molar-refractivity contribution in [3.63, 3.8) is 0 Å². The highest BCUT2D eigenvalue weighted by molar-refractivity contribution is 5.84. The molecule has 0 amide bonds. The van der Waals surface area contributed by atoms with Crippen molar-refractivity contribution in [1.82, 2.24) is 29.0 Å². The van der Waals surface area contributed by atoms with Crippen LogP contribution >= 0.6 is 0 Å². The van der Waals surface area contributed by atoms with Gasteiger partial charge in [0, 0.05) is 48.2 Å². The third kappa shape index (κ3) is 3.10. The summed E-state index contributed by atoms with van der Waals surface area (Å²) >= 11 is 0. The Morgan fingerprint density at radius 2 is 2.10 bits per heavy atom. The zero-order chi connectivity index (χ0) is 20.7. The monoisotopic (exact) mass is 402 g/mol. The Balaban J connectivity index is 1.46. The fraction of sp³-hybridized carbons (Fsp3) is 0.381. The highest BCUT2D eigenvalue weighted by Crippen LogP contribution is 2.36. The average Bonchev–Trinajstić information content (AvgIpc) is 3.41. The lowest BCUT2D eigenvalue weighted by molar-refractivity contribution is 0.279. The van der Waals surface area contributed by atoms with Gasteiger partial charge in [-0.05, 0) is 38.7 Å². The van der Waals surface area contributed by atoms with Crippen LogP contribution in [0.5, 0.6) is 5.88 Å². The van der Waals surface area contributed by atoms with E-state index in [1.54, 1.807) is 24.0 Å². The van der Waals surface area contributed by atoms with E-state index >= 15 is 0 Å². The summed E-state index contributed by atoms with van der Waals surface area (Å²) in [5, 5.41) is 17.4. The molecule has 0 unspecified atom stereocenters. The first-order valence-electron chi connectivity index (χ1n) is 9.99. The topological polar surface area (TPSA) is 105 Å². The molecule has 30 heavy (non-hydrogen) atoms. The molecule has 0 aliphatic heterocycles. The van der Waals surface area contributed by atoms with Crippen LogP contribution in [0, 0.1) is 16.7 Å². The van der Waals surface area contributed by atoms with Crippen molar-refractivity contribution in [2.45, 2.75) is 38.6 Å². The zero-order valence-corrected chi connectivity index (χ0v) is 16.9. The van der Waals surface area contributed by atoms with Gasteiger partial charge in [-0.1, -0.05) is 0 Å². The molecule has 1 aliphatic rings. The van der Waals surface area contributed by atoms with Crippen LogP contribution in [0.25, 0.3) is 22.4 Å². The third-order valence-corrected chi connectivity index (χ3v) is 5.92. The first-order valence-corrected chi connectivity index (χ1v) is 9.99. The number of hydrogen-bond acceptors (Lipinski definition) is 7. The van der Waals surface area contributed by atoms with Gasteiger partial charge in [0.15, 0.2) is 0 Å². The van der Waals surface area contributed by atoms with Crippen molar-refractivity contribution < 1.29 is 4.74 Å². The van der Waals surface area contributed by atoms with Crippen LogP contribution in [-0.4, -0.2) is 42.1 Å². The molecular weight excluding hydrogens is 380 g/mol. The normalized spacial score (nSPS) is 21.6. The second-order valence-corrected chi connectivity index (χ2v) is 8.04. The molecule has 1 aliphatic carbocycles. The summed E-state index contributed by atoms with van der Waals surface area (Å²) in [6.07, 6.45) is 12.8. The predicted octanol–water partition coefficient (Wildman–Crippen LogP) is 3.33. The minimum atomic E-state index is -0.222. The molecule has 1 fully saturated rings. The van der Waals surface area contributed by atoms with Crippen molar-refractivity contribution >= 4 is 17.2 Å². The molecule has 4 heterocycles. The maximum atomic E-state index is 9.33. The Morgan fingerprint density at radius 1 is 1.27 bits per heavy atom. The average molecular weight is 402 g/mol. The second kappa shape index (κ2) is 6.99. The van der Waals surface area contributed by atoms with Gasteiger partial charge in [-0.2, -0.15) is 10.2 Å². The van der Waals surface area contributed by atoms with Gasteiger partial charge in [-0.25, -0.2) is 14.5 Å². The van der Waals surface area contributed by atoms with E-state index in [1.165, 1.54) is 0 Å². The number of rotatable bonds is 4. The first-order chi connectivity index (χ1) is 14.6. The minimum absolute atomic E-state index is 0.222. The molecule has 0 radical (unpaired) electrons. The molecule has 4 aromatic rings. The molecule has 4 aromatic heterocycles. The second-order valence-electron chi connectivity index (χ2n) is 8.04. The van der Waals surface area contributed by atoms with Gasteiger partial charge in [0.25, 0.3) is 0 Å². The van der Waals surface area contributed by atoms with Gasteiger partial charge in [-0.3, -0.25) is 4.40 Å². The molecule has 9 heteroatoms. The highest BCUT2D eigenvalue weighted by atomic mass is 16.5. The number of imidazole rings is 1. The van der Waals surface area contributed by atoms with E-state index < -0.39 is 0 Å². The molecule has 1 saturated carbocycles. The summed E-state index contributed by atoms with van der Waals surface area (Å²) in [7, 11) is 1.61. The van der Waals surface area contributed by atoms with Crippen molar-refractivity contribution in [3.05, 3.63) is 37.1 Å². The largest absolute Gasteiger partial charge is 0.479 e. The number of hydrogen-bond donors (Lipinski definition) is 1. The van der Waals surface area contributed by atoms with Crippen LogP contribution in [-0.2, 0) is 0 Å². The van der Waals surface area contributed by atoms with Crippen molar-refractivity contribution in [2.75, 3.05) is 12.4 Å². The lowest BCUT2D eigenvalue weighted by Crippen LogP contribution is -2.31. The number of anilines is 1. The summed E-state index contributed by atoms with van der Waals surface area (Å²) in [4.78, 5) is 13.2. The maximum absolute atomic E-state index is 9.33. The standard InChI is InChI=1S/C21H22N8O/c1-21(13-22)6-3-15(4-7-21)25-19-26-18(30-2)17-16(5-9-29(17)27-19)14-11-24-20-23-8-10-28(20)12-14/h5,8-12,15H,3-4,6-7H2,1-2H3,(H,25,27)/t15-,21+. The Labute approximate surface area is 173 Å². The lowest BCUT2D eigenvalue weighted by atomic mass is 9.75. The summed E-state index contributed by atoms with van der Waals surface area (Å²) < 4.78 is 9.26. The fourth-order valence-corrected chi connectivity index (χ4v) is 4.08. The Bertz CT molecular complexity index is 1260. The number of nitriles is 1. The summed E-state index contributed by atoms with van der Waals surface area (Å²) in [6.45, 7) is 2.03. The predicted molar refractivity (Wildman–Crippen MR) is 111 cm³/mol. The number of nitrogens with one attached hydrogen (secondary N) is 1. The molecule has 5 rings (SSSR count). The Hall–Kier alpha value is -3.67. The molecule has 0 saturated heterocycles. The van der Waals surface area contributed by atoms with Gasteiger partial charge in [0.2, 0.25) is 17.6 Å². The van der Waals surface area contributed by atoms with E-state index in [-0.39, 0.29) is 11.5 Å². The van der Waals surface area contributed by atoms with E-state index in [4.69, 9.17) is 4.74 Å². The molecule has 0 spiro atoms. The fourth-order valence-electron chi connectivity index (χ4n) is 4.08. The molecule has 0 bridgehead atoms. The smallest absolute Gasteiger partial charge is 0.244 e.